The Kier molecular flexibility index (Phi) is 6.12. The largest absolute Gasteiger partial charge is 0.474 e. The summed E-state index contributed by atoms with van der Waals surface area (Å²) in [5.74, 6) is 0.632. The molecule has 22 heavy (non-hydrogen) atoms. The maximum Gasteiger partial charge on any atom is 0.233 e. The van der Waals surface area contributed by atoms with Crippen molar-refractivity contribution in [3.63, 3.8) is 0 Å². The molecular weight excluding hydrogens is 321 g/mol. The van der Waals surface area contributed by atoms with Crippen LogP contribution in [0.4, 0.5) is 0 Å². The molecule has 0 bridgehead atoms. The molecule has 2 aromatic rings. The summed E-state index contributed by atoms with van der Waals surface area (Å²) in [7, 11) is 0. The number of aryl methyl sites for hydroxylation is 1. The number of ether oxygens (including phenoxy) is 1. The van der Waals surface area contributed by atoms with Gasteiger partial charge in [-0.05, 0) is 50.9 Å². The van der Waals surface area contributed by atoms with Crippen LogP contribution in [0.25, 0.3) is 0 Å². The van der Waals surface area contributed by atoms with E-state index >= 15 is 0 Å². The van der Waals surface area contributed by atoms with Crippen LogP contribution in [0.2, 0.25) is 10.0 Å². The first-order chi connectivity index (χ1) is 10.5. The predicted octanol–water partition coefficient (Wildman–Crippen LogP) is 3.92. The van der Waals surface area contributed by atoms with E-state index in [1.165, 1.54) is 0 Å². The molecule has 0 aliphatic heterocycles. The van der Waals surface area contributed by atoms with E-state index < -0.39 is 0 Å². The Bertz CT molecular complexity index is 626. The molecule has 0 atom stereocenters. The minimum absolute atomic E-state index is 0.0878. The summed E-state index contributed by atoms with van der Waals surface area (Å²) in [6, 6.07) is 7.46. The zero-order chi connectivity index (χ0) is 16.1. The van der Waals surface area contributed by atoms with Gasteiger partial charge in [-0.25, -0.2) is 0 Å². The first kappa shape index (κ1) is 17.1. The highest BCUT2D eigenvalue weighted by molar-refractivity contribution is 6.35. The molecule has 2 rings (SSSR count). The fraction of sp³-hybridized carbons (Fsp3) is 0.438. The van der Waals surface area contributed by atoms with E-state index in [0.717, 1.165) is 24.1 Å². The van der Waals surface area contributed by atoms with Gasteiger partial charge in [-0.2, -0.15) is 0 Å². The van der Waals surface area contributed by atoms with E-state index in [-0.39, 0.29) is 6.10 Å². The summed E-state index contributed by atoms with van der Waals surface area (Å²) in [6.07, 6.45) is 1.85. The highest BCUT2D eigenvalue weighted by atomic mass is 35.5. The smallest absolute Gasteiger partial charge is 0.233 e. The third-order valence-electron chi connectivity index (χ3n) is 3.17. The van der Waals surface area contributed by atoms with Crippen LogP contribution in [0, 0.1) is 0 Å². The zero-order valence-corrected chi connectivity index (χ0v) is 14.4. The molecule has 1 heterocycles. The molecule has 0 saturated heterocycles. The van der Waals surface area contributed by atoms with E-state index in [1.54, 1.807) is 6.07 Å². The van der Waals surface area contributed by atoms with Crippen LogP contribution in [0.15, 0.2) is 24.3 Å². The molecule has 0 radical (unpaired) electrons. The second kappa shape index (κ2) is 7.86. The molecule has 0 fully saturated rings. The minimum atomic E-state index is 0.0878. The molecule has 0 spiro atoms. The van der Waals surface area contributed by atoms with Gasteiger partial charge in [0.1, 0.15) is 0 Å². The van der Waals surface area contributed by atoms with Gasteiger partial charge in [-0.15, -0.1) is 5.10 Å². The SMILES string of the molecule is CC(C)Oc1cc(CCCN)n(Cc2ccc(Cl)cc2Cl)n1. The van der Waals surface area contributed by atoms with Crippen LogP contribution >= 0.6 is 23.2 Å². The lowest BCUT2D eigenvalue weighted by molar-refractivity contribution is 0.230. The van der Waals surface area contributed by atoms with Crippen LogP contribution in [0.3, 0.4) is 0 Å². The fourth-order valence-corrected chi connectivity index (χ4v) is 2.63. The number of aromatic nitrogens is 2. The molecule has 120 valence electrons. The summed E-state index contributed by atoms with van der Waals surface area (Å²) in [6.45, 7) is 5.19. The highest BCUT2D eigenvalue weighted by Gasteiger charge is 2.12. The van der Waals surface area contributed by atoms with Crippen molar-refractivity contribution in [2.75, 3.05) is 6.54 Å². The molecule has 2 N–H and O–H groups in total. The summed E-state index contributed by atoms with van der Waals surface area (Å²) in [5, 5.41) is 5.79. The van der Waals surface area contributed by atoms with Gasteiger partial charge in [0.2, 0.25) is 5.88 Å². The van der Waals surface area contributed by atoms with Crippen LogP contribution in [0.1, 0.15) is 31.5 Å². The van der Waals surface area contributed by atoms with Crippen molar-refractivity contribution in [1.82, 2.24) is 9.78 Å². The summed E-state index contributed by atoms with van der Waals surface area (Å²) >= 11 is 12.2. The first-order valence-electron chi connectivity index (χ1n) is 7.37. The van der Waals surface area contributed by atoms with Gasteiger partial charge < -0.3 is 10.5 Å². The molecule has 0 amide bonds. The maximum absolute atomic E-state index is 6.25. The van der Waals surface area contributed by atoms with E-state index in [9.17, 15) is 0 Å². The number of nitrogens with two attached hydrogens (primary N) is 1. The van der Waals surface area contributed by atoms with Crippen LogP contribution in [-0.4, -0.2) is 22.4 Å². The Morgan fingerprint density at radius 3 is 2.68 bits per heavy atom. The topological polar surface area (TPSA) is 53.1 Å². The van der Waals surface area contributed by atoms with Gasteiger partial charge in [-0.3, -0.25) is 4.68 Å². The Morgan fingerprint density at radius 2 is 2.05 bits per heavy atom. The van der Waals surface area contributed by atoms with Crippen molar-refractivity contribution in [1.29, 1.82) is 0 Å². The van der Waals surface area contributed by atoms with Gasteiger partial charge in [-0.1, -0.05) is 29.3 Å². The van der Waals surface area contributed by atoms with Crippen molar-refractivity contribution in [3.8, 4) is 5.88 Å². The van der Waals surface area contributed by atoms with E-state index in [2.05, 4.69) is 5.10 Å². The molecular formula is C16H21Cl2N3O. The molecule has 0 unspecified atom stereocenters. The number of benzene rings is 1. The van der Waals surface area contributed by atoms with Gasteiger partial charge >= 0.3 is 0 Å². The number of hydrogen-bond acceptors (Lipinski definition) is 3. The second-order valence-corrected chi connectivity index (χ2v) is 6.27. The average molecular weight is 342 g/mol. The first-order valence-corrected chi connectivity index (χ1v) is 8.12. The lowest BCUT2D eigenvalue weighted by Crippen LogP contribution is -2.10. The lowest BCUT2D eigenvalue weighted by Gasteiger charge is -2.09. The second-order valence-electron chi connectivity index (χ2n) is 5.43. The van der Waals surface area contributed by atoms with Gasteiger partial charge in [0.05, 0.1) is 12.6 Å². The van der Waals surface area contributed by atoms with Crippen molar-refractivity contribution in [2.24, 2.45) is 5.73 Å². The number of hydrogen-bond donors (Lipinski definition) is 1. The molecule has 6 heteroatoms. The average Bonchev–Trinajstić information content (AvgIpc) is 2.80. The van der Waals surface area contributed by atoms with E-state index in [4.69, 9.17) is 33.7 Å². The van der Waals surface area contributed by atoms with Crippen molar-refractivity contribution >= 4 is 23.2 Å². The van der Waals surface area contributed by atoms with E-state index in [1.807, 2.05) is 36.7 Å². The predicted molar refractivity (Wildman–Crippen MR) is 90.9 cm³/mol. The van der Waals surface area contributed by atoms with Crippen molar-refractivity contribution < 1.29 is 4.74 Å². The molecule has 4 nitrogen and oxygen atoms in total. The number of rotatable bonds is 7. The van der Waals surface area contributed by atoms with Crippen LogP contribution in [-0.2, 0) is 13.0 Å². The lowest BCUT2D eigenvalue weighted by atomic mass is 10.2. The van der Waals surface area contributed by atoms with Gasteiger partial charge in [0.25, 0.3) is 0 Å². The fourth-order valence-electron chi connectivity index (χ4n) is 2.16. The summed E-state index contributed by atoms with van der Waals surface area (Å²) < 4.78 is 7.60. The quantitative estimate of drug-likeness (QED) is 0.830. The monoisotopic (exact) mass is 341 g/mol. The Balaban J connectivity index is 2.24. The highest BCUT2D eigenvalue weighted by Crippen LogP contribution is 2.23. The summed E-state index contributed by atoms with van der Waals surface area (Å²) in [4.78, 5) is 0. The van der Waals surface area contributed by atoms with Crippen molar-refractivity contribution in [3.05, 3.63) is 45.6 Å². The zero-order valence-electron chi connectivity index (χ0n) is 12.9. The normalized spacial score (nSPS) is 11.2. The molecule has 0 saturated carbocycles. The molecule has 1 aromatic carbocycles. The van der Waals surface area contributed by atoms with Gasteiger partial charge in [0.15, 0.2) is 0 Å². The van der Waals surface area contributed by atoms with Gasteiger partial charge in [0, 0.05) is 21.8 Å². The standard InChI is InChI=1S/C16H21Cl2N3O/c1-11(2)22-16-9-14(4-3-7-19)21(20-16)10-12-5-6-13(17)8-15(12)18/h5-6,8-9,11H,3-4,7,10,19H2,1-2H3. The van der Waals surface area contributed by atoms with Crippen molar-refractivity contribution in [2.45, 2.75) is 39.3 Å². The number of nitrogens with zero attached hydrogens (tertiary/aromatic N) is 2. The maximum atomic E-state index is 6.25. The third-order valence-corrected chi connectivity index (χ3v) is 3.76. The Labute approximate surface area is 141 Å². The van der Waals surface area contributed by atoms with Crippen LogP contribution < -0.4 is 10.5 Å². The van der Waals surface area contributed by atoms with Crippen LogP contribution in [0.5, 0.6) is 5.88 Å². The third kappa shape index (κ3) is 4.63. The Hall–Kier alpha value is -1.23. The molecule has 0 aliphatic carbocycles. The number of halogens is 2. The molecule has 1 aromatic heterocycles. The Morgan fingerprint density at radius 1 is 1.27 bits per heavy atom. The summed E-state index contributed by atoms with van der Waals surface area (Å²) in [5.41, 5.74) is 7.67. The van der Waals surface area contributed by atoms with E-state index in [0.29, 0.717) is 29.0 Å². The molecule has 0 aliphatic rings. The minimum Gasteiger partial charge on any atom is -0.474 e.